The Morgan fingerprint density at radius 2 is 2.03 bits per heavy atom. The molecule has 0 aliphatic carbocycles. The van der Waals surface area contributed by atoms with Gasteiger partial charge in [-0.1, -0.05) is 30.0 Å². The number of nitro groups is 1. The Balaban J connectivity index is 1.58. The predicted octanol–water partition coefficient (Wildman–Crippen LogP) is 4.73. The molecule has 1 saturated heterocycles. The number of rotatable bonds is 6. The number of amidine groups is 1. The number of aromatic carboxylic acids is 1. The zero-order valence-corrected chi connectivity index (χ0v) is 18.3. The third kappa shape index (κ3) is 5.45. The summed E-state index contributed by atoms with van der Waals surface area (Å²) >= 11 is 2.24. The zero-order chi connectivity index (χ0) is 23.4. The first-order chi connectivity index (χ1) is 15.9. The van der Waals surface area contributed by atoms with Crippen molar-refractivity contribution in [1.82, 2.24) is 10.3 Å². The van der Waals surface area contributed by atoms with E-state index in [4.69, 9.17) is 5.11 Å². The Kier molecular flexibility index (Phi) is 6.52. The number of carboxylic acids is 1. The number of aromatic nitrogens is 1. The Labute approximate surface area is 195 Å². The van der Waals surface area contributed by atoms with Crippen LogP contribution < -0.4 is 5.32 Å². The Morgan fingerprint density at radius 3 is 2.76 bits per heavy atom. The minimum atomic E-state index is -1.08. The second-order valence-corrected chi connectivity index (χ2v) is 8.68. The number of thioether (sulfide) groups is 1. The van der Waals surface area contributed by atoms with Crippen molar-refractivity contribution in [1.29, 1.82) is 0 Å². The van der Waals surface area contributed by atoms with Gasteiger partial charge in [0.15, 0.2) is 5.17 Å². The summed E-state index contributed by atoms with van der Waals surface area (Å²) in [5.41, 5.74) is 0.852. The van der Waals surface area contributed by atoms with Gasteiger partial charge in [0.2, 0.25) is 0 Å². The molecule has 0 radical (unpaired) electrons. The molecule has 0 unspecified atom stereocenters. The van der Waals surface area contributed by atoms with Gasteiger partial charge in [-0.05, 0) is 59.8 Å². The average molecular weight is 479 g/mol. The Hall–Kier alpha value is -3.96. The van der Waals surface area contributed by atoms with Gasteiger partial charge in [-0.3, -0.25) is 14.9 Å². The molecule has 1 amide bonds. The molecule has 4 rings (SSSR count). The number of nitrogens with one attached hydrogen (secondary N) is 1. The molecule has 1 aliphatic rings. The second kappa shape index (κ2) is 9.67. The van der Waals surface area contributed by atoms with Crippen LogP contribution >= 0.6 is 23.5 Å². The third-order valence-electron chi connectivity index (χ3n) is 4.30. The van der Waals surface area contributed by atoms with E-state index in [0.29, 0.717) is 26.1 Å². The number of carbonyl (C=O) groups is 2. The van der Waals surface area contributed by atoms with Crippen molar-refractivity contribution < 1.29 is 19.6 Å². The molecule has 0 atom stereocenters. The summed E-state index contributed by atoms with van der Waals surface area (Å²) in [6.45, 7) is 0. The fourth-order valence-corrected chi connectivity index (χ4v) is 4.53. The van der Waals surface area contributed by atoms with Gasteiger partial charge < -0.3 is 10.4 Å². The highest BCUT2D eigenvalue weighted by Crippen LogP contribution is 2.36. The van der Waals surface area contributed by atoms with Gasteiger partial charge in [0.1, 0.15) is 5.03 Å². The van der Waals surface area contributed by atoms with Crippen molar-refractivity contribution in [2.24, 2.45) is 4.99 Å². The number of nitrogens with zero attached hydrogens (tertiary/aromatic N) is 3. The van der Waals surface area contributed by atoms with Gasteiger partial charge in [0.25, 0.3) is 11.6 Å². The number of hydrogen-bond acceptors (Lipinski definition) is 8. The van der Waals surface area contributed by atoms with Crippen molar-refractivity contribution in [3.63, 3.8) is 0 Å². The Bertz CT molecular complexity index is 1330. The summed E-state index contributed by atoms with van der Waals surface area (Å²) in [6.07, 6.45) is 3.15. The van der Waals surface area contributed by atoms with E-state index in [0.717, 1.165) is 11.8 Å². The van der Waals surface area contributed by atoms with E-state index in [1.54, 1.807) is 54.7 Å². The molecule has 0 spiro atoms. The molecular weight excluding hydrogens is 464 g/mol. The van der Waals surface area contributed by atoms with E-state index >= 15 is 0 Å². The van der Waals surface area contributed by atoms with E-state index in [1.165, 1.54) is 30.0 Å². The first kappa shape index (κ1) is 22.2. The molecule has 0 saturated carbocycles. The monoisotopic (exact) mass is 478 g/mol. The topological polar surface area (TPSA) is 135 Å². The van der Waals surface area contributed by atoms with E-state index < -0.39 is 16.8 Å². The quantitative estimate of drug-likeness (QED) is 0.295. The van der Waals surface area contributed by atoms with Crippen LogP contribution in [-0.4, -0.2) is 32.1 Å². The van der Waals surface area contributed by atoms with Gasteiger partial charge in [-0.25, -0.2) is 14.8 Å². The van der Waals surface area contributed by atoms with Crippen LogP contribution in [0.25, 0.3) is 6.08 Å². The van der Waals surface area contributed by atoms with Crippen LogP contribution in [0.15, 0.2) is 86.7 Å². The Morgan fingerprint density at radius 1 is 1.18 bits per heavy atom. The van der Waals surface area contributed by atoms with Crippen molar-refractivity contribution in [2.45, 2.75) is 9.92 Å². The smallest absolute Gasteiger partial charge is 0.335 e. The number of hydrogen-bond donors (Lipinski definition) is 2. The maximum atomic E-state index is 12.4. The molecule has 9 nitrogen and oxygen atoms in total. The van der Waals surface area contributed by atoms with Crippen LogP contribution in [0, 0.1) is 10.1 Å². The van der Waals surface area contributed by atoms with Crippen LogP contribution in [0.4, 0.5) is 11.4 Å². The first-order valence-corrected chi connectivity index (χ1v) is 11.0. The lowest BCUT2D eigenvalue weighted by Gasteiger charge is -2.04. The van der Waals surface area contributed by atoms with Crippen molar-refractivity contribution in [3.05, 3.63) is 93.0 Å². The van der Waals surface area contributed by atoms with E-state index in [1.807, 2.05) is 0 Å². The highest BCUT2D eigenvalue weighted by atomic mass is 32.2. The average Bonchev–Trinajstić information content (AvgIpc) is 3.13. The number of pyridine rings is 1. The molecule has 2 aromatic carbocycles. The van der Waals surface area contributed by atoms with Crippen molar-refractivity contribution in [3.8, 4) is 0 Å². The SMILES string of the molecule is O=C1NC(=Nc2cccc(C(=O)O)c2)S/C1=C\c1ccc(Sc2ccccn2)c([N+](=O)[O-])c1. The number of nitro benzene ring substituents is 1. The summed E-state index contributed by atoms with van der Waals surface area (Å²) in [5, 5.41) is 24.2. The van der Waals surface area contributed by atoms with Gasteiger partial charge in [0, 0.05) is 12.3 Å². The summed E-state index contributed by atoms with van der Waals surface area (Å²) in [7, 11) is 0. The maximum absolute atomic E-state index is 12.4. The lowest BCUT2D eigenvalue weighted by molar-refractivity contribution is -0.387. The molecule has 3 aromatic rings. The van der Waals surface area contributed by atoms with E-state index in [2.05, 4.69) is 15.3 Å². The van der Waals surface area contributed by atoms with Gasteiger partial charge in [-0.15, -0.1) is 0 Å². The number of benzene rings is 2. The highest BCUT2D eigenvalue weighted by Gasteiger charge is 2.24. The lowest BCUT2D eigenvalue weighted by Crippen LogP contribution is -2.19. The maximum Gasteiger partial charge on any atom is 0.335 e. The molecule has 33 heavy (non-hydrogen) atoms. The molecule has 164 valence electrons. The molecule has 0 bridgehead atoms. The fraction of sp³-hybridized carbons (Fsp3) is 0. The first-order valence-electron chi connectivity index (χ1n) is 9.39. The van der Waals surface area contributed by atoms with Crippen molar-refractivity contribution in [2.75, 3.05) is 0 Å². The zero-order valence-electron chi connectivity index (χ0n) is 16.7. The molecule has 2 N–H and O–H groups in total. The van der Waals surface area contributed by atoms with Crippen LogP contribution in [0.5, 0.6) is 0 Å². The van der Waals surface area contributed by atoms with Crippen LogP contribution in [0.2, 0.25) is 0 Å². The van der Waals surface area contributed by atoms with E-state index in [9.17, 15) is 19.7 Å². The molecule has 1 fully saturated rings. The molecule has 1 aliphatic heterocycles. The summed E-state index contributed by atoms with van der Waals surface area (Å²) in [5.74, 6) is -1.48. The number of amides is 1. The standard InChI is InChI=1S/C22H14N4O5S2/c27-20-18(33-22(25-20)24-15-5-3-4-14(12-15)21(28)29)11-13-7-8-17(16(10-13)26(30)31)32-19-6-1-2-9-23-19/h1-12H,(H,28,29)(H,24,25,27)/b18-11-. The third-order valence-corrected chi connectivity index (χ3v) is 6.23. The molecule has 11 heteroatoms. The number of carbonyl (C=O) groups excluding carboxylic acids is 1. The summed E-state index contributed by atoms with van der Waals surface area (Å²) in [6, 6.07) is 16.0. The number of carboxylic acid groups (broad SMARTS) is 1. The molecular formula is C22H14N4O5S2. The second-order valence-electron chi connectivity index (χ2n) is 6.59. The minimum Gasteiger partial charge on any atom is -0.478 e. The van der Waals surface area contributed by atoms with Crippen LogP contribution in [0.3, 0.4) is 0 Å². The van der Waals surface area contributed by atoms with Gasteiger partial charge in [0.05, 0.1) is 26.0 Å². The fourth-order valence-electron chi connectivity index (χ4n) is 2.83. The minimum absolute atomic E-state index is 0.0814. The largest absolute Gasteiger partial charge is 0.478 e. The molecule has 1 aromatic heterocycles. The van der Waals surface area contributed by atoms with Gasteiger partial charge in [-0.2, -0.15) is 0 Å². The number of aliphatic imine (C=N–C) groups is 1. The van der Waals surface area contributed by atoms with Crippen LogP contribution in [0.1, 0.15) is 15.9 Å². The van der Waals surface area contributed by atoms with Crippen LogP contribution in [-0.2, 0) is 4.79 Å². The lowest BCUT2D eigenvalue weighted by atomic mass is 10.2. The predicted molar refractivity (Wildman–Crippen MR) is 126 cm³/mol. The van der Waals surface area contributed by atoms with E-state index in [-0.39, 0.29) is 16.4 Å². The van der Waals surface area contributed by atoms with Gasteiger partial charge >= 0.3 is 5.97 Å². The highest BCUT2D eigenvalue weighted by molar-refractivity contribution is 8.18. The summed E-state index contributed by atoms with van der Waals surface area (Å²) in [4.78, 5) is 43.8. The normalized spacial score (nSPS) is 15.6. The van der Waals surface area contributed by atoms with Crippen molar-refractivity contribution >= 4 is 58.0 Å². The summed E-state index contributed by atoms with van der Waals surface area (Å²) < 4.78 is 0. The molecule has 2 heterocycles.